The van der Waals surface area contributed by atoms with Crippen LogP contribution in [0.15, 0.2) is 65.7 Å². The Morgan fingerprint density at radius 2 is 1.62 bits per heavy atom. The summed E-state index contributed by atoms with van der Waals surface area (Å²) in [4.78, 5) is 6.67. The van der Waals surface area contributed by atoms with Crippen molar-refractivity contribution in [2.24, 2.45) is 0 Å². The van der Waals surface area contributed by atoms with Gasteiger partial charge in [0.05, 0.1) is 16.2 Å². The maximum atomic E-state index is 13.2. The van der Waals surface area contributed by atoms with Gasteiger partial charge in [0, 0.05) is 37.8 Å². The Morgan fingerprint density at radius 3 is 2.38 bits per heavy atom. The van der Waals surface area contributed by atoms with Gasteiger partial charge in [0.1, 0.15) is 4.90 Å². The molecule has 7 heteroatoms. The number of nitrogens with zero attached hydrogens (tertiary/aromatic N) is 3. The average molecular weight is 388 g/mol. The second-order valence-corrected chi connectivity index (χ2v) is 8.49. The number of anilines is 1. The highest BCUT2D eigenvalue weighted by Crippen LogP contribution is 2.28. The highest BCUT2D eigenvalue weighted by atomic mass is 35.5. The summed E-state index contributed by atoms with van der Waals surface area (Å²) in [5.74, 6) is 0. The van der Waals surface area contributed by atoms with Crippen LogP contribution in [-0.2, 0) is 10.0 Å². The minimum atomic E-state index is -3.59. The lowest BCUT2D eigenvalue weighted by molar-refractivity contribution is 0.385. The van der Waals surface area contributed by atoms with Crippen LogP contribution in [0.4, 0.5) is 5.69 Å². The third-order valence-electron chi connectivity index (χ3n) is 4.65. The number of hydrogen-bond donors (Lipinski definition) is 0. The van der Waals surface area contributed by atoms with Gasteiger partial charge in [-0.3, -0.25) is 4.98 Å². The normalized spacial score (nSPS) is 16.1. The van der Waals surface area contributed by atoms with Gasteiger partial charge in [0.15, 0.2) is 0 Å². The number of piperazine rings is 1. The Bertz CT molecular complexity index is 1040. The number of para-hydroxylation sites is 2. The molecule has 134 valence electrons. The Hall–Kier alpha value is -2.15. The minimum Gasteiger partial charge on any atom is -0.368 e. The van der Waals surface area contributed by atoms with E-state index in [2.05, 4.69) is 9.88 Å². The van der Waals surface area contributed by atoms with Crippen molar-refractivity contribution in [1.82, 2.24) is 9.29 Å². The first-order valence-electron chi connectivity index (χ1n) is 8.41. The molecule has 1 fully saturated rings. The third kappa shape index (κ3) is 3.05. The molecule has 2 heterocycles. The molecule has 0 spiro atoms. The van der Waals surface area contributed by atoms with Gasteiger partial charge in [-0.2, -0.15) is 4.31 Å². The molecule has 0 aliphatic carbocycles. The number of rotatable bonds is 3. The molecule has 5 nitrogen and oxygen atoms in total. The van der Waals surface area contributed by atoms with Crippen LogP contribution in [-0.4, -0.2) is 43.9 Å². The van der Waals surface area contributed by atoms with Gasteiger partial charge in [-0.25, -0.2) is 8.42 Å². The molecule has 0 atom stereocenters. The fourth-order valence-corrected chi connectivity index (χ4v) is 5.14. The van der Waals surface area contributed by atoms with Crippen molar-refractivity contribution in [2.75, 3.05) is 31.1 Å². The van der Waals surface area contributed by atoms with Crippen molar-refractivity contribution in [3.8, 4) is 0 Å². The van der Waals surface area contributed by atoms with Gasteiger partial charge in [-0.1, -0.05) is 41.9 Å². The number of hydrogen-bond acceptors (Lipinski definition) is 4. The van der Waals surface area contributed by atoms with Gasteiger partial charge in [0.2, 0.25) is 10.0 Å². The molecular weight excluding hydrogens is 370 g/mol. The van der Waals surface area contributed by atoms with E-state index in [1.807, 2.05) is 36.4 Å². The fourth-order valence-electron chi connectivity index (χ4n) is 3.30. The zero-order chi connectivity index (χ0) is 18.1. The number of sulfonamides is 1. The van der Waals surface area contributed by atoms with E-state index in [0.29, 0.717) is 36.7 Å². The van der Waals surface area contributed by atoms with Gasteiger partial charge < -0.3 is 4.90 Å². The first-order valence-corrected chi connectivity index (χ1v) is 10.2. The van der Waals surface area contributed by atoms with Gasteiger partial charge >= 0.3 is 0 Å². The third-order valence-corrected chi connectivity index (χ3v) is 6.90. The number of aromatic nitrogens is 1. The standard InChI is InChI=1S/C19H18ClN3O2S/c20-16-7-1-2-8-17(16)22-11-13-23(14-12-22)26(24,25)18-9-3-5-15-6-4-10-21-19(15)18/h1-10H,11-14H2. The van der Waals surface area contributed by atoms with Crippen LogP contribution in [0, 0.1) is 0 Å². The zero-order valence-corrected chi connectivity index (χ0v) is 15.6. The molecule has 1 aliphatic rings. The molecule has 2 aromatic carbocycles. The summed E-state index contributed by atoms with van der Waals surface area (Å²) >= 11 is 6.26. The lowest BCUT2D eigenvalue weighted by Gasteiger charge is -2.35. The molecule has 26 heavy (non-hydrogen) atoms. The van der Waals surface area contributed by atoms with E-state index < -0.39 is 10.0 Å². The van der Waals surface area contributed by atoms with E-state index >= 15 is 0 Å². The van der Waals surface area contributed by atoms with Crippen LogP contribution >= 0.6 is 11.6 Å². The maximum Gasteiger partial charge on any atom is 0.245 e. The summed E-state index contributed by atoms with van der Waals surface area (Å²) in [7, 11) is -3.59. The summed E-state index contributed by atoms with van der Waals surface area (Å²) in [6, 6.07) is 16.6. The van der Waals surface area contributed by atoms with E-state index in [1.165, 1.54) is 4.31 Å². The largest absolute Gasteiger partial charge is 0.368 e. The summed E-state index contributed by atoms with van der Waals surface area (Å²) in [5, 5.41) is 1.50. The molecule has 0 bridgehead atoms. The smallest absolute Gasteiger partial charge is 0.245 e. The zero-order valence-electron chi connectivity index (χ0n) is 14.0. The SMILES string of the molecule is O=S(=O)(c1cccc2cccnc12)N1CCN(c2ccccc2Cl)CC1. The number of benzene rings is 2. The van der Waals surface area contributed by atoms with E-state index in [-0.39, 0.29) is 4.90 Å². The summed E-state index contributed by atoms with van der Waals surface area (Å²) in [5.41, 5.74) is 1.46. The van der Waals surface area contributed by atoms with Crippen molar-refractivity contribution >= 4 is 38.2 Å². The van der Waals surface area contributed by atoms with Crippen molar-refractivity contribution < 1.29 is 8.42 Å². The average Bonchev–Trinajstić information content (AvgIpc) is 2.68. The number of halogens is 1. The van der Waals surface area contributed by atoms with E-state index in [0.717, 1.165) is 11.1 Å². The molecule has 1 aromatic heterocycles. The second-order valence-electron chi connectivity index (χ2n) is 6.17. The van der Waals surface area contributed by atoms with Gasteiger partial charge in [-0.05, 0) is 24.3 Å². The Kier molecular flexibility index (Phi) is 4.56. The summed E-state index contributed by atoms with van der Waals surface area (Å²) < 4.78 is 27.8. The molecule has 0 unspecified atom stereocenters. The van der Waals surface area contributed by atoms with Crippen LogP contribution in [0.2, 0.25) is 5.02 Å². The minimum absolute atomic E-state index is 0.266. The first kappa shape index (κ1) is 17.3. The molecule has 3 aromatic rings. The molecular formula is C19H18ClN3O2S. The lowest BCUT2D eigenvalue weighted by Crippen LogP contribution is -2.48. The number of fused-ring (bicyclic) bond motifs is 1. The molecule has 1 aliphatic heterocycles. The van der Waals surface area contributed by atoms with Gasteiger partial charge in [0.25, 0.3) is 0 Å². The van der Waals surface area contributed by atoms with Crippen molar-refractivity contribution in [1.29, 1.82) is 0 Å². The quantitative estimate of drug-likeness (QED) is 0.691. The molecule has 4 rings (SSSR count). The van der Waals surface area contributed by atoms with Crippen LogP contribution in [0.5, 0.6) is 0 Å². The van der Waals surface area contributed by atoms with E-state index in [4.69, 9.17) is 11.6 Å². The van der Waals surface area contributed by atoms with Gasteiger partial charge in [-0.15, -0.1) is 0 Å². The van der Waals surface area contributed by atoms with Crippen molar-refractivity contribution in [3.05, 3.63) is 65.8 Å². The fraction of sp³-hybridized carbons (Fsp3) is 0.211. The second kappa shape index (κ2) is 6.87. The number of pyridine rings is 1. The van der Waals surface area contributed by atoms with Crippen molar-refractivity contribution in [3.63, 3.8) is 0 Å². The Morgan fingerprint density at radius 1 is 0.885 bits per heavy atom. The lowest BCUT2D eigenvalue weighted by atomic mass is 10.2. The first-order chi connectivity index (χ1) is 12.6. The van der Waals surface area contributed by atoms with Crippen molar-refractivity contribution in [2.45, 2.75) is 4.90 Å². The molecule has 0 N–H and O–H groups in total. The monoisotopic (exact) mass is 387 g/mol. The molecule has 0 saturated carbocycles. The highest BCUT2D eigenvalue weighted by molar-refractivity contribution is 7.89. The summed E-state index contributed by atoms with van der Waals surface area (Å²) in [6.45, 7) is 2.02. The maximum absolute atomic E-state index is 13.2. The Labute approximate surface area is 157 Å². The van der Waals surface area contributed by atoms with Crippen LogP contribution < -0.4 is 4.90 Å². The van der Waals surface area contributed by atoms with Crippen LogP contribution in [0.25, 0.3) is 10.9 Å². The molecule has 1 saturated heterocycles. The topological polar surface area (TPSA) is 53.5 Å². The van der Waals surface area contributed by atoms with E-state index in [1.54, 1.807) is 24.4 Å². The predicted octanol–water partition coefficient (Wildman–Crippen LogP) is 3.40. The summed E-state index contributed by atoms with van der Waals surface area (Å²) in [6.07, 6.45) is 1.62. The van der Waals surface area contributed by atoms with E-state index in [9.17, 15) is 8.42 Å². The molecule has 0 radical (unpaired) electrons. The molecule has 0 amide bonds. The predicted molar refractivity (Wildman–Crippen MR) is 104 cm³/mol. The Balaban J connectivity index is 1.60. The van der Waals surface area contributed by atoms with Crippen LogP contribution in [0.1, 0.15) is 0 Å². The highest BCUT2D eigenvalue weighted by Gasteiger charge is 2.30. The van der Waals surface area contributed by atoms with Crippen LogP contribution in [0.3, 0.4) is 0 Å².